The van der Waals surface area contributed by atoms with Crippen LogP contribution in [0.1, 0.15) is 12.1 Å². The van der Waals surface area contributed by atoms with Crippen LogP contribution in [0.3, 0.4) is 0 Å². The summed E-state index contributed by atoms with van der Waals surface area (Å²) in [6.07, 6.45) is 5.13. The molecule has 1 atom stereocenters. The van der Waals surface area contributed by atoms with Crippen molar-refractivity contribution >= 4 is 16.6 Å². The number of H-pyrrole nitrogens is 1. The Morgan fingerprint density at radius 3 is 2.83 bits per heavy atom. The van der Waals surface area contributed by atoms with Crippen LogP contribution in [-0.4, -0.2) is 58.3 Å². The fourth-order valence-electron chi connectivity index (χ4n) is 4.24. The first kappa shape index (κ1) is 18.8. The number of hydrogen-bond acceptors (Lipinski definition) is 5. The summed E-state index contributed by atoms with van der Waals surface area (Å²) in [6, 6.07) is 15.3. The van der Waals surface area contributed by atoms with Crippen molar-refractivity contribution in [2.75, 3.05) is 32.1 Å². The molecule has 3 aromatic heterocycles. The molecule has 0 unspecified atom stereocenters. The number of likely N-dealkylation sites (N-methyl/N-ethyl adjacent to an activating group) is 1. The minimum Gasteiger partial charge on any atom is -0.369 e. The molecule has 1 saturated heterocycles. The molecule has 30 heavy (non-hydrogen) atoms. The summed E-state index contributed by atoms with van der Waals surface area (Å²) in [6.45, 7) is 4.11. The molecule has 6 nitrogen and oxygen atoms in total. The number of benzene rings is 1. The number of fused-ring (bicyclic) bond motifs is 1. The van der Waals surface area contributed by atoms with Crippen LogP contribution in [0.15, 0.2) is 54.9 Å². The lowest BCUT2D eigenvalue weighted by Crippen LogP contribution is -2.31. The number of pyridine rings is 2. The predicted molar refractivity (Wildman–Crippen MR) is 122 cm³/mol. The number of hydrogen-bond donors (Lipinski definition) is 1. The van der Waals surface area contributed by atoms with E-state index in [0.29, 0.717) is 6.04 Å². The minimum absolute atomic E-state index is 0.599. The lowest BCUT2D eigenvalue weighted by Gasteiger charge is -2.21. The van der Waals surface area contributed by atoms with Gasteiger partial charge >= 0.3 is 0 Å². The van der Waals surface area contributed by atoms with Crippen LogP contribution in [-0.2, 0) is 0 Å². The van der Waals surface area contributed by atoms with E-state index >= 15 is 0 Å². The van der Waals surface area contributed by atoms with Crippen molar-refractivity contribution in [1.82, 2.24) is 25.1 Å². The lowest BCUT2D eigenvalue weighted by atomic mass is 10.0. The van der Waals surface area contributed by atoms with E-state index < -0.39 is 0 Å². The Hall–Kier alpha value is -3.25. The quantitative estimate of drug-likeness (QED) is 0.560. The maximum Gasteiger partial charge on any atom is 0.118 e. The molecule has 0 aliphatic carbocycles. The second-order valence-corrected chi connectivity index (χ2v) is 8.26. The van der Waals surface area contributed by atoms with E-state index in [2.05, 4.69) is 63.3 Å². The van der Waals surface area contributed by atoms with Crippen LogP contribution in [0.25, 0.3) is 33.4 Å². The van der Waals surface area contributed by atoms with Gasteiger partial charge in [0.2, 0.25) is 0 Å². The first-order valence-electron chi connectivity index (χ1n) is 10.4. The van der Waals surface area contributed by atoms with E-state index in [0.717, 1.165) is 52.2 Å². The normalized spacial score (nSPS) is 16.7. The molecule has 152 valence electrons. The summed E-state index contributed by atoms with van der Waals surface area (Å²) >= 11 is 0. The summed E-state index contributed by atoms with van der Waals surface area (Å²) < 4.78 is 0. The van der Waals surface area contributed by atoms with Gasteiger partial charge in [0.15, 0.2) is 0 Å². The molecule has 6 heteroatoms. The van der Waals surface area contributed by atoms with Gasteiger partial charge < -0.3 is 9.80 Å². The predicted octanol–water partition coefficient (Wildman–Crippen LogP) is 4.14. The summed E-state index contributed by atoms with van der Waals surface area (Å²) in [5, 5.41) is 8.63. The highest BCUT2D eigenvalue weighted by Gasteiger charge is 2.24. The molecule has 4 heterocycles. The summed E-state index contributed by atoms with van der Waals surface area (Å²) in [7, 11) is 4.31. The fourth-order valence-corrected chi connectivity index (χ4v) is 4.24. The maximum atomic E-state index is 4.72. The van der Waals surface area contributed by atoms with E-state index in [1.54, 1.807) is 0 Å². The number of rotatable bonds is 4. The SMILES string of the molecule is Cc1cccc(-c2n[nH]cc2-c2ccc3ncc(N4CC[C@H](N(C)C)C4)cc3c2)n1. The minimum atomic E-state index is 0.599. The average molecular weight is 399 g/mol. The third-order valence-electron chi connectivity index (χ3n) is 6.01. The molecular weight excluding hydrogens is 372 g/mol. The molecule has 1 aliphatic heterocycles. The third kappa shape index (κ3) is 3.44. The Morgan fingerprint density at radius 1 is 1.13 bits per heavy atom. The van der Waals surface area contributed by atoms with Crippen molar-refractivity contribution in [1.29, 1.82) is 0 Å². The number of nitrogens with zero attached hydrogens (tertiary/aromatic N) is 5. The Labute approximate surface area is 176 Å². The van der Waals surface area contributed by atoms with E-state index in [1.165, 1.54) is 12.1 Å². The van der Waals surface area contributed by atoms with E-state index in [1.807, 2.05) is 37.5 Å². The zero-order chi connectivity index (χ0) is 20.7. The monoisotopic (exact) mass is 398 g/mol. The molecule has 4 aromatic rings. The van der Waals surface area contributed by atoms with Gasteiger partial charge in [-0.15, -0.1) is 0 Å². The number of aryl methyl sites for hydroxylation is 1. The van der Waals surface area contributed by atoms with Gasteiger partial charge in [0.25, 0.3) is 0 Å². The number of aromatic amines is 1. The van der Waals surface area contributed by atoms with Crippen molar-refractivity contribution in [2.24, 2.45) is 0 Å². The second-order valence-electron chi connectivity index (χ2n) is 8.26. The van der Waals surface area contributed by atoms with Gasteiger partial charge in [0.1, 0.15) is 5.69 Å². The third-order valence-corrected chi connectivity index (χ3v) is 6.01. The highest BCUT2D eigenvalue weighted by Crippen LogP contribution is 2.32. The lowest BCUT2D eigenvalue weighted by molar-refractivity contribution is 0.315. The number of nitrogens with one attached hydrogen (secondary N) is 1. The second kappa shape index (κ2) is 7.54. The van der Waals surface area contributed by atoms with Crippen molar-refractivity contribution < 1.29 is 0 Å². The summed E-state index contributed by atoms with van der Waals surface area (Å²) in [5.74, 6) is 0. The Bertz CT molecular complexity index is 1200. The molecule has 0 saturated carbocycles. The maximum absolute atomic E-state index is 4.72. The smallest absolute Gasteiger partial charge is 0.118 e. The fraction of sp³-hybridized carbons (Fsp3) is 0.292. The molecule has 0 bridgehead atoms. The van der Waals surface area contributed by atoms with Crippen LogP contribution in [0, 0.1) is 6.92 Å². The summed E-state index contributed by atoms with van der Waals surface area (Å²) in [4.78, 5) is 14.1. The highest BCUT2D eigenvalue weighted by molar-refractivity contribution is 5.89. The van der Waals surface area contributed by atoms with Crippen LogP contribution < -0.4 is 4.90 Å². The van der Waals surface area contributed by atoms with Crippen LogP contribution in [0.4, 0.5) is 5.69 Å². The first-order valence-corrected chi connectivity index (χ1v) is 10.4. The number of anilines is 1. The number of aromatic nitrogens is 4. The van der Waals surface area contributed by atoms with Crippen LogP contribution in [0.5, 0.6) is 0 Å². The van der Waals surface area contributed by atoms with Gasteiger partial charge in [-0.2, -0.15) is 5.10 Å². The van der Waals surface area contributed by atoms with Crippen LogP contribution >= 0.6 is 0 Å². The zero-order valence-corrected chi connectivity index (χ0v) is 17.6. The molecule has 0 amide bonds. The molecule has 1 N–H and O–H groups in total. The largest absolute Gasteiger partial charge is 0.369 e. The van der Waals surface area contributed by atoms with Gasteiger partial charge in [-0.25, -0.2) is 0 Å². The molecule has 1 aliphatic rings. The first-order chi connectivity index (χ1) is 14.6. The van der Waals surface area contributed by atoms with Crippen LogP contribution in [0.2, 0.25) is 0 Å². The van der Waals surface area contributed by atoms with Gasteiger partial charge in [-0.05, 0) is 63.3 Å². The molecule has 0 spiro atoms. The van der Waals surface area contributed by atoms with E-state index in [9.17, 15) is 0 Å². The molecule has 0 radical (unpaired) electrons. The van der Waals surface area contributed by atoms with Crippen molar-refractivity contribution in [3.63, 3.8) is 0 Å². The standard InChI is InChI=1S/C24H26N6/c1-16-5-4-6-23(27-16)24-21(14-26-28-24)17-7-8-22-18(11-17)12-20(13-25-22)30-10-9-19(15-30)29(2)3/h4-8,11-14,19H,9-10,15H2,1-3H3,(H,26,28)/t19-/m0/s1. The Balaban J connectivity index is 1.51. The van der Waals surface area contributed by atoms with Gasteiger partial charge in [-0.3, -0.25) is 15.1 Å². The average Bonchev–Trinajstić information content (AvgIpc) is 3.43. The van der Waals surface area contributed by atoms with Crippen molar-refractivity contribution in [3.05, 3.63) is 60.6 Å². The molecular formula is C24H26N6. The summed E-state index contributed by atoms with van der Waals surface area (Å²) in [5.41, 5.74) is 7.09. The van der Waals surface area contributed by atoms with Crippen molar-refractivity contribution in [2.45, 2.75) is 19.4 Å². The van der Waals surface area contributed by atoms with Gasteiger partial charge in [-0.1, -0.05) is 12.1 Å². The molecule has 5 rings (SSSR count). The van der Waals surface area contributed by atoms with E-state index in [4.69, 9.17) is 4.98 Å². The Kier molecular flexibility index (Phi) is 4.71. The molecule has 1 aromatic carbocycles. The van der Waals surface area contributed by atoms with Gasteiger partial charge in [0, 0.05) is 42.0 Å². The Morgan fingerprint density at radius 2 is 2.03 bits per heavy atom. The topological polar surface area (TPSA) is 60.9 Å². The van der Waals surface area contributed by atoms with E-state index in [-0.39, 0.29) is 0 Å². The molecule has 1 fully saturated rings. The van der Waals surface area contributed by atoms with Gasteiger partial charge in [0.05, 0.1) is 23.1 Å². The van der Waals surface area contributed by atoms with Crippen molar-refractivity contribution in [3.8, 4) is 22.5 Å². The zero-order valence-electron chi connectivity index (χ0n) is 17.6. The highest BCUT2D eigenvalue weighted by atomic mass is 15.2.